The highest BCUT2D eigenvalue weighted by atomic mass is 15.4. The van der Waals surface area contributed by atoms with Gasteiger partial charge in [-0.05, 0) is 6.42 Å². The van der Waals surface area contributed by atoms with E-state index in [1.807, 2.05) is 20.3 Å². The van der Waals surface area contributed by atoms with Gasteiger partial charge in [-0.25, -0.2) is 0 Å². The summed E-state index contributed by atoms with van der Waals surface area (Å²) in [6.07, 6.45) is 4.36. The van der Waals surface area contributed by atoms with Crippen LogP contribution in [0.2, 0.25) is 0 Å². The van der Waals surface area contributed by atoms with Crippen molar-refractivity contribution in [2.45, 2.75) is 13.0 Å². The lowest BCUT2D eigenvalue weighted by Crippen LogP contribution is -2.17. The summed E-state index contributed by atoms with van der Waals surface area (Å²) >= 11 is 0. The molecule has 2 aromatic rings. The molecule has 0 unspecified atom stereocenters. The molecule has 19 heavy (non-hydrogen) atoms. The summed E-state index contributed by atoms with van der Waals surface area (Å²) in [6, 6.07) is 0. The van der Waals surface area contributed by atoms with Crippen LogP contribution in [0.4, 0.5) is 17.8 Å². The highest BCUT2D eigenvalue weighted by Gasteiger charge is 2.05. The maximum Gasteiger partial charge on any atom is 0.231 e. The highest BCUT2D eigenvalue weighted by Crippen LogP contribution is 2.08. The van der Waals surface area contributed by atoms with Gasteiger partial charge in [0.1, 0.15) is 0 Å². The lowest BCUT2D eigenvalue weighted by molar-refractivity contribution is 0.569. The Morgan fingerprint density at radius 2 is 2.16 bits per heavy atom. The minimum atomic E-state index is 0.206. The molecule has 0 radical (unpaired) electrons. The van der Waals surface area contributed by atoms with Crippen LogP contribution in [0.15, 0.2) is 12.4 Å². The maximum atomic E-state index is 5.63. The zero-order valence-corrected chi connectivity index (χ0v) is 11.0. The van der Waals surface area contributed by atoms with Gasteiger partial charge in [-0.3, -0.25) is 4.68 Å². The van der Waals surface area contributed by atoms with Crippen LogP contribution in [0.25, 0.3) is 0 Å². The molecule has 0 saturated heterocycles. The molecule has 102 valence electrons. The van der Waals surface area contributed by atoms with Crippen molar-refractivity contribution < 1.29 is 0 Å². The topological polar surface area (TPSA) is 111 Å². The number of nitrogens with one attached hydrogen (secondary N) is 1. The summed E-state index contributed by atoms with van der Waals surface area (Å²) in [4.78, 5) is 14.1. The molecule has 0 fully saturated rings. The van der Waals surface area contributed by atoms with Crippen LogP contribution in [-0.2, 0) is 6.54 Å². The molecule has 0 amide bonds. The Morgan fingerprint density at radius 1 is 1.32 bits per heavy atom. The number of aryl methyl sites for hydroxylation is 1. The molecule has 0 aliphatic heterocycles. The molecule has 9 nitrogen and oxygen atoms in total. The van der Waals surface area contributed by atoms with Crippen LogP contribution in [0.5, 0.6) is 0 Å². The minimum Gasteiger partial charge on any atom is -0.368 e. The lowest BCUT2D eigenvalue weighted by Gasteiger charge is -2.12. The third kappa shape index (κ3) is 3.76. The first-order valence-corrected chi connectivity index (χ1v) is 5.92. The van der Waals surface area contributed by atoms with Crippen molar-refractivity contribution in [2.75, 3.05) is 36.6 Å². The molecule has 2 heterocycles. The number of anilines is 3. The van der Waals surface area contributed by atoms with Crippen molar-refractivity contribution in [2.24, 2.45) is 0 Å². The molecular weight excluding hydrogens is 246 g/mol. The average molecular weight is 263 g/mol. The summed E-state index contributed by atoms with van der Waals surface area (Å²) in [5, 5.41) is 10.7. The van der Waals surface area contributed by atoms with E-state index in [-0.39, 0.29) is 5.95 Å². The van der Waals surface area contributed by atoms with Crippen molar-refractivity contribution in [3.63, 3.8) is 0 Å². The first-order chi connectivity index (χ1) is 9.15. The van der Waals surface area contributed by atoms with Gasteiger partial charge < -0.3 is 16.0 Å². The summed E-state index contributed by atoms with van der Waals surface area (Å²) in [5.41, 5.74) is 5.63. The van der Waals surface area contributed by atoms with E-state index in [9.17, 15) is 0 Å². The predicted octanol–water partition coefficient (Wildman–Crippen LogP) is -0.386. The number of nitrogens with zero attached hydrogens (tertiary/aromatic N) is 7. The van der Waals surface area contributed by atoms with Gasteiger partial charge in [0.25, 0.3) is 0 Å². The molecule has 9 heteroatoms. The molecule has 0 aliphatic rings. The molecule has 0 bridgehead atoms. The standard InChI is InChI=1S/C10H17N9/c1-18(2)10-15-8(11)14-9(16-10)12-4-3-6-19-7-5-13-17-19/h5,7H,3-4,6H2,1-2H3,(H3,11,12,14,15,16). The third-order valence-corrected chi connectivity index (χ3v) is 2.36. The molecule has 2 aromatic heterocycles. The zero-order chi connectivity index (χ0) is 13.7. The van der Waals surface area contributed by atoms with Crippen molar-refractivity contribution in [3.8, 4) is 0 Å². The quantitative estimate of drug-likeness (QED) is 0.678. The molecule has 0 aliphatic carbocycles. The van der Waals surface area contributed by atoms with Crippen LogP contribution in [0.3, 0.4) is 0 Å². The van der Waals surface area contributed by atoms with Gasteiger partial charge in [-0.15, -0.1) is 5.10 Å². The van der Waals surface area contributed by atoms with Crippen LogP contribution in [-0.4, -0.2) is 50.6 Å². The number of hydrogen-bond donors (Lipinski definition) is 2. The Labute approximate surface area is 110 Å². The van der Waals surface area contributed by atoms with E-state index in [1.54, 1.807) is 15.8 Å². The molecule has 0 saturated carbocycles. The van der Waals surface area contributed by atoms with Crippen LogP contribution >= 0.6 is 0 Å². The minimum absolute atomic E-state index is 0.206. The fraction of sp³-hybridized carbons (Fsp3) is 0.500. The van der Waals surface area contributed by atoms with Gasteiger partial charge in [0.15, 0.2) is 0 Å². The molecule has 0 atom stereocenters. The average Bonchev–Trinajstić information content (AvgIpc) is 2.87. The summed E-state index contributed by atoms with van der Waals surface area (Å²) < 4.78 is 1.77. The van der Waals surface area contributed by atoms with Gasteiger partial charge in [0, 0.05) is 33.4 Å². The van der Waals surface area contributed by atoms with Crippen LogP contribution in [0.1, 0.15) is 6.42 Å². The number of rotatable bonds is 6. The van der Waals surface area contributed by atoms with Crippen molar-refractivity contribution in [1.29, 1.82) is 0 Å². The smallest absolute Gasteiger partial charge is 0.231 e. The number of nitrogens with two attached hydrogens (primary N) is 1. The Balaban J connectivity index is 1.85. The summed E-state index contributed by atoms with van der Waals surface area (Å²) in [6.45, 7) is 1.50. The van der Waals surface area contributed by atoms with Crippen LogP contribution < -0.4 is 16.0 Å². The largest absolute Gasteiger partial charge is 0.368 e. The normalized spacial score (nSPS) is 10.4. The first-order valence-electron chi connectivity index (χ1n) is 5.92. The highest BCUT2D eigenvalue weighted by molar-refractivity contribution is 5.40. The fourth-order valence-electron chi connectivity index (χ4n) is 1.45. The van der Waals surface area contributed by atoms with Crippen molar-refractivity contribution in [3.05, 3.63) is 12.4 Å². The number of hydrogen-bond acceptors (Lipinski definition) is 8. The van der Waals surface area contributed by atoms with E-state index < -0.39 is 0 Å². The first kappa shape index (κ1) is 13.0. The second-order valence-corrected chi connectivity index (χ2v) is 4.16. The second kappa shape index (κ2) is 5.94. The Bertz CT molecular complexity index is 508. The zero-order valence-electron chi connectivity index (χ0n) is 11.0. The lowest BCUT2D eigenvalue weighted by atomic mass is 10.4. The molecule has 3 N–H and O–H groups in total. The summed E-state index contributed by atoms with van der Waals surface area (Å²) in [5.74, 6) is 1.22. The van der Waals surface area contributed by atoms with E-state index >= 15 is 0 Å². The van der Waals surface area contributed by atoms with E-state index in [4.69, 9.17) is 5.73 Å². The van der Waals surface area contributed by atoms with E-state index in [0.29, 0.717) is 11.9 Å². The van der Waals surface area contributed by atoms with E-state index in [1.165, 1.54) is 0 Å². The Kier molecular flexibility index (Phi) is 4.06. The molecule has 2 rings (SSSR count). The van der Waals surface area contributed by atoms with Gasteiger partial charge in [-0.2, -0.15) is 15.0 Å². The number of nitrogen functional groups attached to an aromatic ring is 1. The molecule has 0 aromatic carbocycles. The Hall–Kier alpha value is -2.45. The maximum absolute atomic E-state index is 5.63. The second-order valence-electron chi connectivity index (χ2n) is 4.16. The van der Waals surface area contributed by atoms with Gasteiger partial charge in [0.05, 0.1) is 6.20 Å². The number of aromatic nitrogens is 6. The van der Waals surface area contributed by atoms with Crippen molar-refractivity contribution >= 4 is 17.8 Å². The Morgan fingerprint density at radius 3 is 2.84 bits per heavy atom. The predicted molar refractivity (Wildman–Crippen MR) is 71.7 cm³/mol. The summed E-state index contributed by atoms with van der Waals surface area (Å²) in [7, 11) is 3.70. The third-order valence-electron chi connectivity index (χ3n) is 2.36. The van der Waals surface area contributed by atoms with E-state index in [0.717, 1.165) is 19.5 Å². The monoisotopic (exact) mass is 263 g/mol. The van der Waals surface area contributed by atoms with Gasteiger partial charge in [0.2, 0.25) is 17.8 Å². The molecule has 0 spiro atoms. The van der Waals surface area contributed by atoms with Crippen LogP contribution in [0, 0.1) is 0 Å². The van der Waals surface area contributed by atoms with Crippen molar-refractivity contribution in [1.82, 2.24) is 29.9 Å². The van der Waals surface area contributed by atoms with E-state index in [2.05, 4.69) is 30.6 Å². The molecular formula is C10H17N9. The fourth-order valence-corrected chi connectivity index (χ4v) is 1.45. The SMILES string of the molecule is CN(C)c1nc(N)nc(NCCCn2ccnn2)n1. The van der Waals surface area contributed by atoms with Gasteiger partial charge in [-0.1, -0.05) is 5.21 Å². The van der Waals surface area contributed by atoms with Gasteiger partial charge >= 0.3 is 0 Å².